The van der Waals surface area contributed by atoms with Crippen LogP contribution in [-0.2, 0) is 63.0 Å². The number of aromatic nitrogens is 4. The molecule has 1 unspecified atom stereocenters. The van der Waals surface area contributed by atoms with E-state index in [0.29, 0.717) is 33.6 Å². The Bertz CT molecular complexity index is 5690. The van der Waals surface area contributed by atoms with Crippen LogP contribution in [0.3, 0.4) is 0 Å². The van der Waals surface area contributed by atoms with Crippen molar-refractivity contribution >= 4 is 119 Å². The van der Waals surface area contributed by atoms with E-state index in [2.05, 4.69) is 0 Å². The summed E-state index contributed by atoms with van der Waals surface area (Å²) in [4.78, 5) is 111. The van der Waals surface area contributed by atoms with Crippen LogP contribution < -0.4 is 59.1 Å². The van der Waals surface area contributed by atoms with E-state index in [1.54, 1.807) is 119 Å². The summed E-state index contributed by atoms with van der Waals surface area (Å²) in [6.45, 7) is 14.0. The van der Waals surface area contributed by atoms with Crippen molar-refractivity contribution in [3.8, 4) is 34.3 Å². The van der Waals surface area contributed by atoms with Gasteiger partial charge in [-0.2, -0.15) is 0 Å². The molecule has 6 fully saturated rings. The minimum atomic E-state index is -4.25. The summed E-state index contributed by atoms with van der Waals surface area (Å²) in [7, 11) is -29.6. The third-order valence-electron chi connectivity index (χ3n) is 18.5. The average Bonchev–Trinajstić information content (AvgIpc) is 1.33. The summed E-state index contributed by atoms with van der Waals surface area (Å²) >= 11 is 0. The molecule has 0 saturated carbocycles. The lowest BCUT2D eigenvalue weighted by molar-refractivity contribution is -0.0158. The Kier molecular flexibility index (Phi) is 14.6. The number of nitrogens with zero attached hydrogens (tertiary/aromatic N) is 4. The Labute approximate surface area is 579 Å². The molecule has 0 amide bonds. The molecule has 4 aromatic heterocycles. The molecule has 101 heavy (non-hydrogen) atoms. The van der Waals surface area contributed by atoms with E-state index in [-0.39, 0.29) is 66.8 Å². The average molecular weight is 1500 g/mol. The van der Waals surface area contributed by atoms with E-state index in [1.807, 2.05) is 79.7 Å². The van der Waals surface area contributed by atoms with Crippen LogP contribution in [0.1, 0.15) is 33.7 Å². The third kappa shape index (κ3) is 10.9. The van der Waals surface area contributed by atoms with E-state index in [9.17, 15) is 38.4 Å². The van der Waals surface area contributed by atoms with Crippen molar-refractivity contribution in [2.45, 2.75) is 65.3 Å². The molecule has 0 radical (unpaired) electrons. The molecule has 6 aliphatic heterocycles. The number of rotatable bonds is 12. The summed E-state index contributed by atoms with van der Waals surface area (Å²) in [6, 6.07) is 47.5. The maximum Gasteiger partial charge on any atom is 0.515 e. The predicted octanol–water partition coefficient (Wildman–Crippen LogP) is 6.90. The van der Waals surface area contributed by atoms with Gasteiger partial charge in [0.25, 0.3) is 44.5 Å². The van der Waals surface area contributed by atoms with Gasteiger partial charge in [-0.25, -0.2) is 13.7 Å². The zero-order chi connectivity index (χ0) is 70.5. The van der Waals surface area contributed by atoms with E-state index in [0.717, 1.165) is 35.0 Å². The molecule has 0 spiro atoms. The Balaban J connectivity index is 0.675. The lowest BCUT2D eigenvalue weighted by Crippen LogP contribution is -2.87. The van der Waals surface area contributed by atoms with E-state index < -0.39 is 121 Å². The Morgan fingerprint density at radius 1 is 0.327 bits per heavy atom. The lowest BCUT2D eigenvalue weighted by Gasteiger charge is -2.60. The highest BCUT2D eigenvalue weighted by molar-refractivity contribution is 7.04. The number of ether oxygens (including phenoxy) is 2. The zero-order valence-electron chi connectivity index (χ0n) is 55.2. The van der Waals surface area contributed by atoms with Crippen LogP contribution in [0.4, 0.5) is 0 Å². The summed E-state index contributed by atoms with van der Waals surface area (Å²) in [5.74, 6) is 1.04. The van der Waals surface area contributed by atoms with Crippen LogP contribution in [0.15, 0.2) is 208 Å². The SMILES string of the molecule is Cc1ccc(Oc2ccc(-n3c(=O)c4cc5c(=O)n(-c6ccc(C(c7ccc(OCc8ccc([Si]9%10O[Si]%11(C)O[Si]%12(C)O[Si]%13(C)O[Si](C)(O%11)O[Si](C)(O[Si](C)(O%13)O[Si](C)(O%12)O9)O%10)cc8)cc7)c7ccc(-n8c(=O)c9cc%10c(=O)n(C)c(=O)c%10cc9c8=O)cc7)cc6)c(=O)c5cc4c3=O)cc2)cc1. The summed E-state index contributed by atoms with van der Waals surface area (Å²) < 4.78 is 98.3. The highest BCUT2D eigenvalue weighted by atomic mass is 28.6. The fourth-order valence-electron chi connectivity index (χ4n) is 14.6. The normalized spacial score (nSPS) is 27.2. The zero-order valence-corrected chi connectivity index (χ0v) is 63.2. The first-order chi connectivity index (χ1) is 47.9. The van der Waals surface area contributed by atoms with Gasteiger partial charge < -0.3 is 58.9 Å². The van der Waals surface area contributed by atoms with Gasteiger partial charge in [0.2, 0.25) is 0 Å². The number of hydrogen-bond donors (Lipinski definition) is 0. The number of hydrogen-bond acceptors (Lipinski definition) is 22. The van der Waals surface area contributed by atoms with Crippen molar-refractivity contribution in [2.75, 3.05) is 0 Å². The lowest BCUT2D eigenvalue weighted by atomic mass is 9.85. The van der Waals surface area contributed by atoms with Crippen molar-refractivity contribution in [2.24, 2.45) is 7.05 Å². The third-order valence-corrected chi connectivity index (χ3v) is 53.9. The molecular formula is C67H58N4O22Si8. The van der Waals surface area contributed by atoms with Crippen molar-refractivity contribution in [3.05, 3.63) is 281 Å². The molecule has 6 aliphatic rings. The van der Waals surface area contributed by atoms with Gasteiger partial charge >= 0.3 is 70.4 Å². The molecule has 510 valence electrons. The Hall–Kier alpha value is -8.82. The highest BCUT2D eigenvalue weighted by Gasteiger charge is 2.79. The highest BCUT2D eigenvalue weighted by Crippen LogP contribution is 2.48. The Morgan fingerprint density at radius 3 is 0.921 bits per heavy atom. The molecule has 0 aliphatic carbocycles. The first-order valence-corrected chi connectivity index (χ1v) is 49.3. The van der Waals surface area contributed by atoms with Gasteiger partial charge in [0.1, 0.15) is 23.9 Å². The first kappa shape index (κ1) is 65.5. The quantitative estimate of drug-likeness (QED) is 0.0888. The monoisotopic (exact) mass is 1490 g/mol. The second kappa shape index (κ2) is 22.6. The van der Waals surface area contributed by atoms with Crippen molar-refractivity contribution in [1.29, 1.82) is 0 Å². The van der Waals surface area contributed by atoms with Crippen LogP contribution in [0, 0.1) is 6.92 Å². The van der Waals surface area contributed by atoms with E-state index in [4.69, 9.17) is 58.9 Å². The van der Waals surface area contributed by atoms with E-state index in [1.165, 1.54) is 31.3 Å². The molecule has 0 N–H and O–H groups in total. The van der Waals surface area contributed by atoms with Crippen LogP contribution in [0.25, 0.3) is 60.2 Å². The van der Waals surface area contributed by atoms with Crippen molar-refractivity contribution in [1.82, 2.24) is 18.3 Å². The van der Waals surface area contributed by atoms with Gasteiger partial charge in [0.05, 0.1) is 60.2 Å². The van der Waals surface area contributed by atoms with Gasteiger partial charge in [-0.05, 0) is 126 Å². The van der Waals surface area contributed by atoms with Crippen LogP contribution >= 0.6 is 0 Å². The first-order valence-electron chi connectivity index (χ1n) is 32.0. The molecule has 34 heteroatoms. The molecular weight excluding hydrogens is 1440 g/mol. The number of aryl methyl sites for hydroxylation is 1. The fourth-order valence-corrected chi connectivity index (χ4v) is 59.6. The largest absolute Gasteiger partial charge is 0.515 e. The van der Waals surface area contributed by atoms with Gasteiger partial charge in [-0.15, -0.1) is 0 Å². The predicted molar refractivity (Wildman–Crippen MR) is 384 cm³/mol. The van der Waals surface area contributed by atoms with Crippen molar-refractivity contribution in [3.63, 3.8) is 0 Å². The van der Waals surface area contributed by atoms with Gasteiger partial charge in [-0.1, -0.05) is 78.4 Å². The summed E-state index contributed by atoms with van der Waals surface area (Å²) in [5.41, 5.74) is -0.454. The maximum atomic E-state index is 14.4. The molecule has 8 aromatic carbocycles. The Morgan fingerprint density at radius 2 is 0.594 bits per heavy atom. The van der Waals surface area contributed by atoms with E-state index >= 15 is 0 Å². The number of fused-ring (bicyclic) bond motifs is 4. The molecule has 6 saturated heterocycles. The molecule has 18 rings (SSSR count). The van der Waals surface area contributed by atoms with Gasteiger partial charge in [0.15, 0.2) is 0 Å². The maximum absolute atomic E-state index is 14.4. The molecule has 1 atom stereocenters. The second-order valence-corrected chi connectivity index (χ2v) is 49.9. The minimum Gasteiger partial charge on any atom is -0.489 e. The van der Waals surface area contributed by atoms with Crippen LogP contribution in [-0.4, -0.2) is 88.7 Å². The molecule has 10 heterocycles. The molecule has 12 aromatic rings. The van der Waals surface area contributed by atoms with Crippen LogP contribution in [0.5, 0.6) is 17.2 Å². The van der Waals surface area contributed by atoms with Gasteiger partial charge in [0, 0.05) is 64.0 Å². The second-order valence-electron chi connectivity index (χ2n) is 26.3. The molecule has 8 bridgehead atoms. The topological polar surface area (TPSA) is 285 Å². The number of benzene rings is 8. The van der Waals surface area contributed by atoms with Crippen molar-refractivity contribution < 1.29 is 58.9 Å². The summed E-state index contributed by atoms with van der Waals surface area (Å²) in [5, 5.41) is 0.458. The van der Waals surface area contributed by atoms with Crippen LogP contribution in [0.2, 0.25) is 45.8 Å². The smallest absolute Gasteiger partial charge is 0.489 e. The minimum absolute atomic E-state index is 0.00475. The molecule has 26 nitrogen and oxygen atoms in total. The standard InChI is InChI=1S/C67H58N4O22Si8/c1-39-10-26-48(27-11-39)81-49-30-24-46(25-31-49)71-66(78)57-36-55-56(37-58(57)67(71)79)65(77)70(64(55)76)45-22-16-42(17-23-45)59(41-14-20-44(21-15-41)69-62(74)53-34-51-52(35-54(53)63(69)75)61(73)68(2)60(51)72)43-18-28-47(29-19-43)80-38-40-12-32-50(33-13-40)101-91-98(7)85-95(4)82-94(3)83-96(5,87-98)89-100(9,93-101)90-97(6,84-94)88-99(8,86-95)92-101/h10-37,59H,38H2,1-9H3. The van der Waals surface area contributed by atoms with Gasteiger partial charge in [-0.3, -0.25) is 42.9 Å². The fraction of sp³-hybridized carbons (Fsp3) is 0.164. The summed E-state index contributed by atoms with van der Waals surface area (Å²) in [6.07, 6.45) is 0.